The molecule has 1 fully saturated rings. The summed E-state index contributed by atoms with van der Waals surface area (Å²) in [6.45, 7) is 4.14. The van der Waals surface area contributed by atoms with Crippen LogP contribution < -0.4 is 10.6 Å². The third-order valence-electron chi connectivity index (χ3n) is 5.28. The summed E-state index contributed by atoms with van der Waals surface area (Å²) in [4.78, 5) is 4.77. The van der Waals surface area contributed by atoms with E-state index < -0.39 is 9.84 Å². The fraction of sp³-hybridized carbons (Fsp3) is 0.435. The molecule has 2 aromatic carbocycles. The van der Waals surface area contributed by atoms with Crippen molar-refractivity contribution in [1.29, 1.82) is 0 Å². The zero-order chi connectivity index (χ0) is 20.6. The summed E-state index contributed by atoms with van der Waals surface area (Å²) in [7, 11) is -3.11. The first-order valence-corrected chi connectivity index (χ1v) is 12.2. The fourth-order valence-corrected chi connectivity index (χ4v) is 4.88. The quantitative estimate of drug-likeness (QED) is 0.356. The Morgan fingerprint density at radius 3 is 2.28 bits per heavy atom. The third-order valence-corrected chi connectivity index (χ3v) is 6.96. The van der Waals surface area contributed by atoms with E-state index in [1.807, 2.05) is 43.3 Å². The van der Waals surface area contributed by atoms with E-state index in [1.165, 1.54) is 5.56 Å². The van der Waals surface area contributed by atoms with Crippen molar-refractivity contribution >= 4 is 15.8 Å². The van der Waals surface area contributed by atoms with Crippen LogP contribution in [0.25, 0.3) is 0 Å². The molecule has 3 rings (SSSR count). The van der Waals surface area contributed by atoms with Crippen LogP contribution in [-0.4, -0.2) is 39.8 Å². The van der Waals surface area contributed by atoms with Crippen molar-refractivity contribution in [3.05, 3.63) is 71.8 Å². The number of hydrogen-bond acceptors (Lipinski definition) is 3. The van der Waals surface area contributed by atoms with E-state index in [2.05, 4.69) is 34.9 Å². The molecule has 156 valence electrons. The van der Waals surface area contributed by atoms with Crippen LogP contribution in [0.5, 0.6) is 0 Å². The Labute approximate surface area is 174 Å². The van der Waals surface area contributed by atoms with Crippen molar-refractivity contribution in [2.75, 3.05) is 25.4 Å². The molecule has 0 aromatic heterocycles. The molecule has 0 aliphatic heterocycles. The molecule has 0 unspecified atom stereocenters. The van der Waals surface area contributed by atoms with Crippen LogP contribution in [0.2, 0.25) is 0 Å². The average molecular weight is 414 g/mol. The average Bonchev–Trinajstić information content (AvgIpc) is 3.51. The Morgan fingerprint density at radius 2 is 1.66 bits per heavy atom. The van der Waals surface area contributed by atoms with Gasteiger partial charge in [-0.15, -0.1) is 0 Å². The summed E-state index contributed by atoms with van der Waals surface area (Å²) in [5, 5.41) is 6.54. The lowest BCUT2D eigenvalue weighted by atomic mass is 9.96. The van der Waals surface area contributed by atoms with E-state index >= 15 is 0 Å². The molecule has 0 amide bonds. The van der Waals surface area contributed by atoms with Gasteiger partial charge in [-0.3, -0.25) is 4.99 Å². The van der Waals surface area contributed by atoms with Crippen molar-refractivity contribution in [1.82, 2.24) is 10.6 Å². The zero-order valence-electron chi connectivity index (χ0n) is 17.1. The van der Waals surface area contributed by atoms with E-state index in [4.69, 9.17) is 4.99 Å². The van der Waals surface area contributed by atoms with Gasteiger partial charge in [-0.25, -0.2) is 8.42 Å². The number of nitrogens with one attached hydrogen (secondary N) is 2. The van der Waals surface area contributed by atoms with Gasteiger partial charge < -0.3 is 10.6 Å². The van der Waals surface area contributed by atoms with Crippen LogP contribution in [0.4, 0.5) is 0 Å². The summed E-state index contributed by atoms with van der Waals surface area (Å²) < 4.78 is 24.6. The molecule has 1 saturated carbocycles. The number of hydrogen-bond donors (Lipinski definition) is 2. The molecular formula is C23H31N3O2S. The van der Waals surface area contributed by atoms with Gasteiger partial charge in [0, 0.05) is 18.5 Å². The minimum atomic E-state index is -3.11. The highest BCUT2D eigenvalue weighted by atomic mass is 32.2. The Balaban J connectivity index is 1.48. The molecule has 0 heterocycles. The van der Waals surface area contributed by atoms with Gasteiger partial charge in [0.15, 0.2) is 15.8 Å². The van der Waals surface area contributed by atoms with Crippen molar-refractivity contribution in [3.63, 3.8) is 0 Å². The maximum Gasteiger partial charge on any atom is 0.191 e. The first-order valence-electron chi connectivity index (χ1n) is 10.4. The van der Waals surface area contributed by atoms with Gasteiger partial charge in [0.25, 0.3) is 0 Å². The summed E-state index contributed by atoms with van der Waals surface area (Å²) in [6.07, 6.45) is 2.89. The molecule has 0 atom stereocenters. The molecular weight excluding hydrogens is 382 g/mol. The van der Waals surface area contributed by atoms with Gasteiger partial charge in [0.05, 0.1) is 18.1 Å². The first kappa shape index (κ1) is 21.4. The summed E-state index contributed by atoms with van der Waals surface area (Å²) >= 11 is 0. The van der Waals surface area contributed by atoms with Gasteiger partial charge in [0.1, 0.15) is 0 Å². The van der Waals surface area contributed by atoms with Crippen LogP contribution >= 0.6 is 0 Å². The largest absolute Gasteiger partial charge is 0.357 e. The molecule has 0 bridgehead atoms. The second-order valence-corrected chi connectivity index (χ2v) is 9.88. The van der Waals surface area contributed by atoms with E-state index in [0.29, 0.717) is 13.0 Å². The molecule has 6 heteroatoms. The van der Waals surface area contributed by atoms with E-state index in [9.17, 15) is 8.42 Å². The van der Waals surface area contributed by atoms with Gasteiger partial charge in [-0.2, -0.15) is 0 Å². The topological polar surface area (TPSA) is 70.6 Å². The lowest BCUT2D eigenvalue weighted by Gasteiger charge is -2.16. The van der Waals surface area contributed by atoms with Gasteiger partial charge in [-0.1, -0.05) is 60.7 Å². The Bertz CT molecular complexity index is 892. The Morgan fingerprint density at radius 1 is 1.00 bits per heavy atom. The fourth-order valence-electron chi connectivity index (χ4n) is 3.45. The van der Waals surface area contributed by atoms with Crippen LogP contribution in [0.1, 0.15) is 37.3 Å². The number of benzene rings is 2. The predicted octanol–water partition coefficient (Wildman–Crippen LogP) is 3.28. The number of sulfone groups is 1. The molecule has 29 heavy (non-hydrogen) atoms. The molecule has 5 nitrogen and oxygen atoms in total. The minimum Gasteiger partial charge on any atom is -0.357 e. The number of guanidine groups is 1. The van der Waals surface area contributed by atoms with Crippen LogP contribution in [-0.2, 0) is 21.0 Å². The highest BCUT2D eigenvalue weighted by molar-refractivity contribution is 7.90. The molecule has 1 aliphatic rings. The smallest absolute Gasteiger partial charge is 0.191 e. The Hall–Kier alpha value is -2.34. The summed E-state index contributed by atoms with van der Waals surface area (Å²) in [5.41, 5.74) is 2.36. The van der Waals surface area contributed by atoms with E-state index in [1.54, 1.807) is 0 Å². The second kappa shape index (κ2) is 9.92. The lowest BCUT2D eigenvalue weighted by molar-refractivity contribution is 0.591. The van der Waals surface area contributed by atoms with Gasteiger partial charge in [-0.05, 0) is 37.3 Å². The van der Waals surface area contributed by atoms with Gasteiger partial charge in [0.2, 0.25) is 0 Å². The highest BCUT2D eigenvalue weighted by Crippen LogP contribution is 2.48. The predicted molar refractivity (Wildman–Crippen MR) is 120 cm³/mol. The van der Waals surface area contributed by atoms with E-state index in [0.717, 1.165) is 37.5 Å². The summed E-state index contributed by atoms with van der Waals surface area (Å²) in [6, 6.07) is 19.9. The van der Waals surface area contributed by atoms with Crippen molar-refractivity contribution in [3.8, 4) is 0 Å². The minimum absolute atomic E-state index is 0.0988. The molecule has 2 aromatic rings. The first-order chi connectivity index (χ1) is 14.0. The molecule has 0 radical (unpaired) electrons. The normalized spacial score (nSPS) is 15.7. The Kier molecular flexibility index (Phi) is 7.31. The second-order valence-electron chi connectivity index (χ2n) is 7.70. The maximum absolute atomic E-state index is 12.3. The lowest BCUT2D eigenvalue weighted by Crippen LogP contribution is -2.38. The molecule has 2 N–H and O–H groups in total. The standard InChI is InChI=1S/C23H31N3O2S/c1-2-24-22(26-19-23(14-15-23)21-12-7-4-8-13-21)25-16-9-17-29(27,28)18-20-10-5-3-6-11-20/h3-8,10-13H,2,9,14-19H2,1H3,(H2,24,25,26). The molecule has 0 saturated heterocycles. The number of nitrogens with zero attached hydrogens (tertiary/aromatic N) is 1. The monoisotopic (exact) mass is 413 g/mol. The molecule has 0 spiro atoms. The van der Waals surface area contributed by atoms with Crippen LogP contribution in [0.3, 0.4) is 0 Å². The van der Waals surface area contributed by atoms with Crippen LogP contribution in [0.15, 0.2) is 65.7 Å². The SMILES string of the molecule is CCNC(=NCC1(c2ccccc2)CC1)NCCCS(=O)(=O)Cc1ccccc1. The number of rotatable bonds is 10. The zero-order valence-corrected chi connectivity index (χ0v) is 17.9. The van der Waals surface area contributed by atoms with Crippen molar-refractivity contribution < 1.29 is 8.42 Å². The highest BCUT2D eigenvalue weighted by Gasteiger charge is 2.43. The summed E-state index contributed by atoms with van der Waals surface area (Å²) in [5.74, 6) is 1.03. The van der Waals surface area contributed by atoms with Crippen molar-refractivity contribution in [2.45, 2.75) is 37.4 Å². The maximum atomic E-state index is 12.3. The van der Waals surface area contributed by atoms with Gasteiger partial charge >= 0.3 is 0 Å². The van der Waals surface area contributed by atoms with E-state index in [-0.39, 0.29) is 16.9 Å². The number of aliphatic imine (C=N–C) groups is 1. The molecule has 1 aliphatic carbocycles. The van der Waals surface area contributed by atoms with Crippen LogP contribution in [0, 0.1) is 0 Å². The third kappa shape index (κ3) is 6.60. The van der Waals surface area contributed by atoms with Crippen molar-refractivity contribution in [2.24, 2.45) is 4.99 Å².